The molecule has 0 aliphatic carbocycles. The van der Waals surface area contributed by atoms with Crippen LogP contribution in [-0.4, -0.2) is 35.4 Å². The number of hydrogen-bond acceptors (Lipinski definition) is 3. The molecule has 0 saturated carbocycles. The molecule has 0 unspecified atom stereocenters. The fourth-order valence-electron chi connectivity index (χ4n) is 3.91. The molecule has 0 bridgehead atoms. The summed E-state index contributed by atoms with van der Waals surface area (Å²) in [5, 5.41) is 5.05. The zero-order valence-corrected chi connectivity index (χ0v) is 20.0. The number of hydrogen-bond donors (Lipinski definition) is 1. The average molecular weight is 447 g/mol. The maximum absolute atomic E-state index is 13.4. The molecule has 0 radical (unpaired) electrons. The summed E-state index contributed by atoms with van der Waals surface area (Å²) in [7, 11) is 0. The Bertz CT molecular complexity index is 1090. The molecule has 0 aliphatic rings. The van der Waals surface area contributed by atoms with Crippen molar-refractivity contribution in [2.24, 2.45) is 0 Å². The minimum atomic E-state index is -0.567. The van der Waals surface area contributed by atoms with E-state index in [1.54, 1.807) is 4.90 Å². The van der Waals surface area contributed by atoms with Gasteiger partial charge in [0, 0.05) is 18.0 Å². The smallest absolute Gasteiger partial charge is 0.261 e. The lowest BCUT2D eigenvalue weighted by Gasteiger charge is -2.31. The van der Waals surface area contributed by atoms with E-state index < -0.39 is 6.04 Å². The molecule has 3 rings (SSSR count). The zero-order valence-electron chi connectivity index (χ0n) is 20.0. The summed E-state index contributed by atoms with van der Waals surface area (Å²) in [6, 6.07) is 21.2. The first-order chi connectivity index (χ1) is 15.9. The number of benzene rings is 3. The van der Waals surface area contributed by atoms with Gasteiger partial charge in [0.05, 0.1) is 0 Å². The summed E-state index contributed by atoms with van der Waals surface area (Å²) in [6.45, 7) is 8.18. The molecule has 0 aromatic heterocycles. The molecule has 0 heterocycles. The molecule has 3 aromatic rings. The number of nitrogens with zero attached hydrogens (tertiary/aromatic N) is 1. The van der Waals surface area contributed by atoms with Crippen molar-refractivity contribution < 1.29 is 14.3 Å². The highest BCUT2D eigenvalue weighted by Crippen LogP contribution is 2.25. The fourth-order valence-corrected chi connectivity index (χ4v) is 3.91. The Balaban J connectivity index is 1.83. The quantitative estimate of drug-likeness (QED) is 0.463. The van der Waals surface area contributed by atoms with Crippen molar-refractivity contribution in [1.29, 1.82) is 0 Å². The van der Waals surface area contributed by atoms with E-state index in [2.05, 4.69) is 5.32 Å². The van der Waals surface area contributed by atoms with E-state index in [4.69, 9.17) is 4.74 Å². The molecule has 174 valence electrons. The van der Waals surface area contributed by atoms with Crippen LogP contribution in [0.4, 0.5) is 0 Å². The van der Waals surface area contributed by atoms with Crippen LogP contribution in [-0.2, 0) is 16.1 Å². The van der Waals surface area contributed by atoms with E-state index >= 15 is 0 Å². The fraction of sp³-hybridized carbons (Fsp3) is 0.357. The minimum absolute atomic E-state index is 0.0504. The molecule has 2 amide bonds. The third-order valence-corrected chi connectivity index (χ3v) is 5.92. The molecule has 2 atom stereocenters. The third kappa shape index (κ3) is 6.35. The Morgan fingerprint density at radius 1 is 0.970 bits per heavy atom. The molecule has 1 N–H and O–H groups in total. The first-order valence-corrected chi connectivity index (χ1v) is 11.7. The summed E-state index contributed by atoms with van der Waals surface area (Å²) in [6.07, 6.45) is 1.35. The second kappa shape index (κ2) is 11.5. The van der Waals surface area contributed by atoms with Crippen molar-refractivity contribution in [2.75, 3.05) is 6.61 Å². The first kappa shape index (κ1) is 24.3. The van der Waals surface area contributed by atoms with Gasteiger partial charge in [-0.1, -0.05) is 80.1 Å². The van der Waals surface area contributed by atoms with Crippen LogP contribution >= 0.6 is 0 Å². The number of amides is 2. The van der Waals surface area contributed by atoms with Gasteiger partial charge in [-0.2, -0.15) is 0 Å². The van der Waals surface area contributed by atoms with Gasteiger partial charge in [-0.3, -0.25) is 9.59 Å². The van der Waals surface area contributed by atoms with E-state index in [9.17, 15) is 9.59 Å². The molecule has 5 nitrogen and oxygen atoms in total. The summed E-state index contributed by atoms with van der Waals surface area (Å²) in [5.41, 5.74) is 2.10. The second-order valence-corrected chi connectivity index (χ2v) is 8.52. The Hall–Kier alpha value is -3.34. The van der Waals surface area contributed by atoms with Crippen molar-refractivity contribution >= 4 is 22.6 Å². The molecule has 0 fully saturated rings. The SMILES string of the molecule is CC[C@H](C(=O)N[C@@H](C)CC)N(Cc1cccc(C)c1)C(=O)COc1cccc2ccccc12. The van der Waals surface area contributed by atoms with Gasteiger partial charge in [0.15, 0.2) is 6.61 Å². The van der Waals surface area contributed by atoms with Crippen molar-refractivity contribution in [2.45, 2.75) is 59.2 Å². The Morgan fingerprint density at radius 3 is 2.42 bits per heavy atom. The van der Waals surface area contributed by atoms with Crippen molar-refractivity contribution in [3.63, 3.8) is 0 Å². The normalized spacial score (nSPS) is 12.7. The highest BCUT2D eigenvalue weighted by molar-refractivity contribution is 5.90. The Labute approximate surface area is 196 Å². The van der Waals surface area contributed by atoms with Gasteiger partial charge in [0.25, 0.3) is 5.91 Å². The number of ether oxygens (including phenoxy) is 1. The topological polar surface area (TPSA) is 58.6 Å². The van der Waals surface area contributed by atoms with Crippen molar-refractivity contribution in [1.82, 2.24) is 10.2 Å². The molecular weight excluding hydrogens is 412 g/mol. The lowest BCUT2D eigenvalue weighted by atomic mass is 10.1. The Kier molecular flexibility index (Phi) is 8.47. The number of carbonyl (C=O) groups excluding carboxylic acids is 2. The molecule has 3 aromatic carbocycles. The number of nitrogens with one attached hydrogen (secondary N) is 1. The van der Waals surface area contributed by atoms with E-state index in [0.29, 0.717) is 18.7 Å². The van der Waals surface area contributed by atoms with E-state index in [0.717, 1.165) is 28.3 Å². The maximum atomic E-state index is 13.4. The number of aryl methyl sites for hydroxylation is 1. The van der Waals surface area contributed by atoms with Crippen LogP contribution in [0.2, 0.25) is 0 Å². The van der Waals surface area contributed by atoms with Crippen LogP contribution in [0, 0.1) is 6.92 Å². The molecule has 33 heavy (non-hydrogen) atoms. The zero-order chi connectivity index (χ0) is 23.8. The highest BCUT2D eigenvalue weighted by atomic mass is 16.5. The van der Waals surface area contributed by atoms with Crippen LogP contribution in [0.1, 0.15) is 44.7 Å². The Morgan fingerprint density at radius 2 is 1.70 bits per heavy atom. The highest BCUT2D eigenvalue weighted by Gasteiger charge is 2.29. The predicted octanol–water partition coefficient (Wildman–Crippen LogP) is 5.25. The number of fused-ring (bicyclic) bond motifs is 1. The first-order valence-electron chi connectivity index (χ1n) is 11.7. The summed E-state index contributed by atoms with van der Waals surface area (Å²) in [4.78, 5) is 28.1. The lowest BCUT2D eigenvalue weighted by molar-refractivity contribution is -0.143. The molecule has 0 aliphatic heterocycles. The van der Waals surface area contributed by atoms with E-state index in [-0.39, 0.29) is 24.5 Å². The number of rotatable bonds is 10. The number of carbonyl (C=O) groups is 2. The van der Waals surface area contributed by atoms with Gasteiger partial charge in [-0.25, -0.2) is 0 Å². The van der Waals surface area contributed by atoms with Crippen molar-refractivity contribution in [3.8, 4) is 5.75 Å². The largest absolute Gasteiger partial charge is 0.483 e. The van der Waals surface area contributed by atoms with Crippen LogP contribution in [0.15, 0.2) is 66.7 Å². The average Bonchev–Trinajstić information content (AvgIpc) is 2.82. The van der Waals surface area contributed by atoms with E-state index in [1.807, 2.05) is 94.4 Å². The molecule has 5 heteroatoms. The van der Waals surface area contributed by atoms with Gasteiger partial charge in [0.1, 0.15) is 11.8 Å². The van der Waals surface area contributed by atoms with Gasteiger partial charge < -0.3 is 15.0 Å². The summed E-state index contributed by atoms with van der Waals surface area (Å²) >= 11 is 0. The van der Waals surface area contributed by atoms with Crippen LogP contribution < -0.4 is 10.1 Å². The van der Waals surface area contributed by atoms with Crippen LogP contribution in [0.5, 0.6) is 5.75 Å². The summed E-state index contributed by atoms with van der Waals surface area (Å²) in [5.74, 6) is 0.322. The van der Waals surface area contributed by atoms with Crippen molar-refractivity contribution in [3.05, 3.63) is 77.9 Å². The van der Waals surface area contributed by atoms with Gasteiger partial charge in [-0.15, -0.1) is 0 Å². The molecule has 0 spiro atoms. The molecular formula is C28H34N2O3. The third-order valence-electron chi connectivity index (χ3n) is 5.92. The van der Waals surface area contributed by atoms with Gasteiger partial charge in [-0.05, 0) is 43.7 Å². The van der Waals surface area contributed by atoms with Crippen LogP contribution in [0.3, 0.4) is 0 Å². The van der Waals surface area contributed by atoms with Crippen LogP contribution in [0.25, 0.3) is 10.8 Å². The van der Waals surface area contributed by atoms with E-state index in [1.165, 1.54) is 0 Å². The standard InChI is InChI=1S/C28H34N2O3/c1-5-21(4)29-28(32)25(6-2)30(18-22-12-9-11-20(3)17-22)27(31)19-33-26-16-10-14-23-13-7-8-15-24(23)26/h7-17,21,25H,5-6,18-19H2,1-4H3,(H,29,32)/t21-,25+/m0/s1. The lowest BCUT2D eigenvalue weighted by Crippen LogP contribution is -2.51. The minimum Gasteiger partial charge on any atom is -0.483 e. The maximum Gasteiger partial charge on any atom is 0.261 e. The van der Waals surface area contributed by atoms with Gasteiger partial charge >= 0.3 is 0 Å². The second-order valence-electron chi connectivity index (χ2n) is 8.52. The molecule has 0 saturated heterocycles. The predicted molar refractivity (Wildman–Crippen MR) is 133 cm³/mol. The monoisotopic (exact) mass is 446 g/mol. The summed E-state index contributed by atoms with van der Waals surface area (Å²) < 4.78 is 5.98. The van der Waals surface area contributed by atoms with Gasteiger partial charge in [0.2, 0.25) is 5.91 Å².